The van der Waals surface area contributed by atoms with Gasteiger partial charge in [0.05, 0.1) is 6.61 Å². The molecule has 2 aliphatic heterocycles. The summed E-state index contributed by atoms with van der Waals surface area (Å²) in [7, 11) is 1.67. The van der Waals surface area contributed by atoms with Crippen LogP contribution < -0.4 is 5.32 Å². The zero-order valence-corrected chi connectivity index (χ0v) is 12.3. The minimum Gasteiger partial charge on any atom is -0.388 e. The Morgan fingerprint density at radius 2 is 2.30 bits per heavy atom. The van der Waals surface area contributed by atoms with Crippen molar-refractivity contribution in [1.82, 2.24) is 10.2 Å². The zero-order chi connectivity index (χ0) is 14.7. The molecule has 2 rings (SSSR count). The van der Waals surface area contributed by atoms with Gasteiger partial charge in [0, 0.05) is 26.6 Å². The number of carbonyl (C=O) groups excluding carboxylic acids is 1. The van der Waals surface area contributed by atoms with Crippen molar-refractivity contribution in [3.8, 4) is 0 Å². The lowest BCUT2D eigenvalue weighted by molar-refractivity contribution is -0.154. The Kier molecular flexibility index (Phi) is 5.25. The van der Waals surface area contributed by atoms with Crippen molar-refractivity contribution in [2.75, 3.05) is 26.7 Å². The fourth-order valence-electron chi connectivity index (χ4n) is 2.48. The Hall–Kier alpha value is -0.830. The summed E-state index contributed by atoms with van der Waals surface area (Å²) in [6, 6.07) is -0.560. The molecule has 114 valence electrons. The first kappa shape index (κ1) is 15.6. The van der Waals surface area contributed by atoms with Crippen LogP contribution in [0.25, 0.3) is 0 Å². The monoisotopic (exact) mass is 303 g/mol. The average Bonchev–Trinajstić information content (AvgIpc) is 2.83. The molecule has 0 aliphatic carbocycles. The molecule has 2 heterocycles. The van der Waals surface area contributed by atoms with Gasteiger partial charge in [-0.3, -0.25) is 9.79 Å². The normalized spacial score (nSPS) is 35.5. The van der Waals surface area contributed by atoms with E-state index in [1.165, 1.54) is 0 Å². The van der Waals surface area contributed by atoms with Crippen LogP contribution in [0.1, 0.15) is 12.8 Å². The van der Waals surface area contributed by atoms with Gasteiger partial charge in [0.1, 0.15) is 24.4 Å². The third kappa shape index (κ3) is 3.43. The van der Waals surface area contributed by atoms with E-state index in [0.29, 0.717) is 24.7 Å². The van der Waals surface area contributed by atoms with Gasteiger partial charge in [-0.1, -0.05) is 0 Å². The van der Waals surface area contributed by atoms with Crippen LogP contribution in [0.4, 0.5) is 0 Å². The third-order valence-electron chi connectivity index (χ3n) is 3.69. The second-order valence-electron chi connectivity index (χ2n) is 5.07. The maximum Gasteiger partial charge on any atom is 0.222 e. The second-order valence-corrected chi connectivity index (χ2v) is 5.49. The Labute approximate surface area is 123 Å². The van der Waals surface area contributed by atoms with Crippen molar-refractivity contribution in [2.24, 2.45) is 4.99 Å². The van der Waals surface area contributed by atoms with Gasteiger partial charge in [-0.25, -0.2) is 0 Å². The maximum atomic E-state index is 11.6. The Balaban J connectivity index is 1.94. The predicted octanol–water partition coefficient (Wildman–Crippen LogP) is -1.40. The van der Waals surface area contributed by atoms with Crippen LogP contribution >= 0.6 is 12.6 Å². The van der Waals surface area contributed by atoms with E-state index in [2.05, 4.69) is 22.9 Å². The molecule has 0 saturated carbocycles. The number of hydrogen-bond donors (Lipinski definition) is 4. The summed E-state index contributed by atoms with van der Waals surface area (Å²) < 4.78 is 5.56. The van der Waals surface area contributed by atoms with Crippen molar-refractivity contribution in [3.63, 3.8) is 0 Å². The number of thiol groups is 1. The smallest absolute Gasteiger partial charge is 0.222 e. The molecule has 4 atom stereocenters. The van der Waals surface area contributed by atoms with Crippen LogP contribution in [-0.4, -0.2) is 77.3 Å². The highest BCUT2D eigenvalue weighted by Gasteiger charge is 2.40. The van der Waals surface area contributed by atoms with E-state index in [0.717, 1.165) is 6.42 Å². The molecule has 2 fully saturated rings. The van der Waals surface area contributed by atoms with Gasteiger partial charge in [-0.2, -0.15) is 0 Å². The third-order valence-corrected chi connectivity index (χ3v) is 4.03. The first-order valence-corrected chi connectivity index (χ1v) is 7.17. The minimum atomic E-state index is -1.07. The molecule has 20 heavy (non-hydrogen) atoms. The number of amides is 1. The molecule has 0 bridgehead atoms. The standard InChI is InChI=1S/C12H21N3O4S/c1-13-12(20)14-7-6-19-8(11(18)10(7)17)5-15-4-2-3-9(15)16/h7-8,10-11,17-18H,2-6H2,1H3,(H2,13,14,20)/t7-,8+,10+,11+/m0/s1. The number of nitrogens with one attached hydrogen (secondary N) is 1. The zero-order valence-electron chi connectivity index (χ0n) is 11.4. The summed E-state index contributed by atoms with van der Waals surface area (Å²) in [5, 5.41) is 23.3. The number of ether oxygens (including phenoxy) is 1. The number of nitrogens with zero attached hydrogens (tertiary/aromatic N) is 2. The molecule has 2 aliphatic rings. The van der Waals surface area contributed by atoms with E-state index >= 15 is 0 Å². The molecule has 0 aromatic rings. The number of likely N-dealkylation sites (tertiary alicyclic amines) is 1. The van der Waals surface area contributed by atoms with Gasteiger partial charge < -0.3 is 25.2 Å². The van der Waals surface area contributed by atoms with E-state index in [1.54, 1.807) is 11.9 Å². The predicted molar refractivity (Wildman–Crippen MR) is 76.8 cm³/mol. The molecule has 2 saturated heterocycles. The minimum absolute atomic E-state index is 0.0725. The second kappa shape index (κ2) is 6.75. The molecule has 0 radical (unpaired) electrons. The fourth-order valence-corrected chi connectivity index (χ4v) is 2.63. The topological polar surface area (TPSA) is 94.4 Å². The van der Waals surface area contributed by atoms with Crippen LogP contribution in [0.15, 0.2) is 4.99 Å². The Morgan fingerprint density at radius 1 is 1.55 bits per heavy atom. The average molecular weight is 303 g/mol. The molecule has 0 spiro atoms. The lowest BCUT2D eigenvalue weighted by Gasteiger charge is -2.37. The summed E-state index contributed by atoms with van der Waals surface area (Å²) >= 11 is 4.08. The Morgan fingerprint density at radius 3 is 2.90 bits per heavy atom. The number of aliphatic hydroxyl groups excluding tert-OH is 2. The van der Waals surface area contributed by atoms with Crippen molar-refractivity contribution >= 4 is 23.7 Å². The van der Waals surface area contributed by atoms with Crippen LogP contribution in [0, 0.1) is 0 Å². The van der Waals surface area contributed by atoms with Gasteiger partial charge in [0.15, 0.2) is 5.17 Å². The van der Waals surface area contributed by atoms with Crippen molar-refractivity contribution in [1.29, 1.82) is 0 Å². The number of hydrogen-bond acceptors (Lipinski definition) is 5. The maximum absolute atomic E-state index is 11.6. The molecule has 1 amide bonds. The fraction of sp³-hybridized carbons (Fsp3) is 0.833. The first-order chi connectivity index (χ1) is 9.52. The molecular weight excluding hydrogens is 282 g/mol. The first-order valence-electron chi connectivity index (χ1n) is 6.73. The highest BCUT2D eigenvalue weighted by molar-refractivity contribution is 7.96. The Bertz CT molecular complexity index is 393. The van der Waals surface area contributed by atoms with E-state index in [9.17, 15) is 15.0 Å². The lowest BCUT2D eigenvalue weighted by Crippen LogP contribution is -2.56. The number of aliphatic imine (C=N–C) groups is 1. The SMILES string of the molecule is CN/C(S)=N/[C@H]1CO[C@H](CN2CCCC2=O)[C@@H](O)[C@@H]1O. The number of amidine groups is 1. The largest absolute Gasteiger partial charge is 0.388 e. The number of carbonyl (C=O) groups is 1. The molecule has 7 nitrogen and oxygen atoms in total. The summed E-state index contributed by atoms with van der Waals surface area (Å²) in [5.41, 5.74) is 0. The summed E-state index contributed by atoms with van der Waals surface area (Å²) in [6.07, 6.45) is -1.28. The van der Waals surface area contributed by atoms with Crippen LogP contribution in [0.3, 0.4) is 0 Å². The van der Waals surface area contributed by atoms with Crippen LogP contribution in [-0.2, 0) is 9.53 Å². The summed E-state index contributed by atoms with van der Waals surface area (Å²) in [6.45, 7) is 1.19. The molecule has 8 heteroatoms. The molecular formula is C12H21N3O4S. The number of aliphatic hydroxyl groups is 2. The van der Waals surface area contributed by atoms with Gasteiger partial charge >= 0.3 is 0 Å². The van der Waals surface area contributed by atoms with E-state index in [4.69, 9.17) is 4.74 Å². The van der Waals surface area contributed by atoms with E-state index in [1.807, 2.05) is 0 Å². The summed E-state index contributed by atoms with van der Waals surface area (Å²) in [4.78, 5) is 17.4. The molecule has 3 N–H and O–H groups in total. The molecule has 0 aromatic carbocycles. The molecule has 0 unspecified atom stereocenters. The highest BCUT2D eigenvalue weighted by Crippen LogP contribution is 2.21. The van der Waals surface area contributed by atoms with Crippen LogP contribution in [0.5, 0.6) is 0 Å². The van der Waals surface area contributed by atoms with E-state index in [-0.39, 0.29) is 12.5 Å². The van der Waals surface area contributed by atoms with Gasteiger partial charge in [0.25, 0.3) is 0 Å². The quantitative estimate of drug-likeness (QED) is 0.292. The highest BCUT2D eigenvalue weighted by atomic mass is 32.1. The number of rotatable bonds is 3. The van der Waals surface area contributed by atoms with Crippen molar-refractivity contribution < 1.29 is 19.7 Å². The lowest BCUT2D eigenvalue weighted by atomic mass is 9.98. The van der Waals surface area contributed by atoms with Gasteiger partial charge in [-0.05, 0) is 6.42 Å². The van der Waals surface area contributed by atoms with E-state index < -0.39 is 24.4 Å². The van der Waals surface area contributed by atoms with Gasteiger partial charge in [-0.15, -0.1) is 12.6 Å². The van der Waals surface area contributed by atoms with Crippen LogP contribution in [0.2, 0.25) is 0 Å². The van der Waals surface area contributed by atoms with Crippen molar-refractivity contribution in [3.05, 3.63) is 0 Å². The van der Waals surface area contributed by atoms with Gasteiger partial charge in [0.2, 0.25) is 5.91 Å². The van der Waals surface area contributed by atoms with Crippen molar-refractivity contribution in [2.45, 2.75) is 37.2 Å². The molecule has 0 aromatic heterocycles. The summed E-state index contributed by atoms with van der Waals surface area (Å²) in [5.74, 6) is 0.0725.